The molecule has 1 aliphatic heterocycles. The van der Waals surface area contributed by atoms with Gasteiger partial charge in [0.2, 0.25) is 5.91 Å². The largest absolute Gasteiger partial charge is 0.480 e. The summed E-state index contributed by atoms with van der Waals surface area (Å²) in [4.78, 5) is 29.1. The van der Waals surface area contributed by atoms with E-state index in [2.05, 4.69) is 33.0 Å². The molecule has 3 heterocycles. The maximum atomic E-state index is 12.7. The molecule has 2 aromatic rings. The van der Waals surface area contributed by atoms with Crippen molar-refractivity contribution >= 4 is 17.7 Å². The Morgan fingerprint density at radius 2 is 2.11 bits per heavy atom. The minimum Gasteiger partial charge on any atom is -0.480 e. The van der Waals surface area contributed by atoms with Gasteiger partial charge in [-0.05, 0) is 74.5 Å². The quantitative estimate of drug-likeness (QED) is 0.411. The molecule has 0 aromatic carbocycles. The van der Waals surface area contributed by atoms with Crippen LogP contribution < -0.4 is 10.6 Å². The van der Waals surface area contributed by atoms with E-state index >= 15 is 0 Å². The number of aromatic amines is 1. The molecule has 0 saturated heterocycles. The molecule has 1 fully saturated rings. The van der Waals surface area contributed by atoms with E-state index in [9.17, 15) is 14.7 Å². The zero-order valence-corrected chi connectivity index (χ0v) is 20.1. The Kier molecular flexibility index (Phi) is 7.32. The minimum absolute atomic E-state index is 0.181. The summed E-state index contributed by atoms with van der Waals surface area (Å²) in [5, 5.41) is 22.7. The summed E-state index contributed by atoms with van der Waals surface area (Å²) in [6.45, 7) is 1.34. The van der Waals surface area contributed by atoms with Crippen LogP contribution in [0.25, 0.3) is 0 Å². The number of pyridine rings is 1. The molecule has 3 aliphatic rings. The van der Waals surface area contributed by atoms with Gasteiger partial charge in [0.15, 0.2) is 0 Å². The van der Waals surface area contributed by atoms with Crippen LogP contribution in [-0.2, 0) is 40.0 Å². The van der Waals surface area contributed by atoms with Crippen molar-refractivity contribution in [3.05, 3.63) is 40.8 Å². The first-order chi connectivity index (χ1) is 17.0. The summed E-state index contributed by atoms with van der Waals surface area (Å²) >= 11 is 0. The van der Waals surface area contributed by atoms with E-state index in [1.807, 2.05) is 0 Å². The van der Waals surface area contributed by atoms with Gasteiger partial charge in [-0.2, -0.15) is 5.10 Å². The van der Waals surface area contributed by atoms with Gasteiger partial charge in [0, 0.05) is 43.3 Å². The van der Waals surface area contributed by atoms with Crippen molar-refractivity contribution in [1.82, 2.24) is 20.5 Å². The third kappa shape index (κ3) is 5.83. The first-order valence-electron chi connectivity index (χ1n) is 12.9. The van der Waals surface area contributed by atoms with Gasteiger partial charge in [-0.15, -0.1) is 0 Å². The Labute approximate surface area is 205 Å². The second-order valence-electron chi connectivity index (χ2n) is 10.2. The van der Waals surface area contributed by atoms with Crippen molar-refractivity contribution in [2.24, 2.45) is 11.8 Å². The molecule has 0 radical (unpaired) electrons. The predicted octanol–water partition coefficient (Wildman–Crippen LogP) is 2.66. The van der Waals surface area contributed by atoms with Crippen molar-refractivity contribution in [2.45, 2.75) is 76.4 Å². The molecular weight excluding hydrogens is 446 g/mol. The number of fused-ring (bicyclic) bond motifs is 2. The lowest BCUT2D eigenvalue weighted by atomic mass is 9.79. The Morgan fingerprint density at radius 1 is 1.23 bits per heavy atom. The smallest absolute Gasteiger partial charge is 0.326 e. The Balaban J connectivity index is 0.993. The zero-order chi connectivity index (χ0) is 24.2. The van der Waals surface area contributed by atoms with Crippen LogP contribution >= 0.6 is 0 Å². The van der Waals surface area contributed by atoms with Gasteiger partial charge in [0.05, 0.1) is 12.3 Å². The number of carbonyl (C=O) groups is 2. The molecule has 35 heavy (non-hydrogen) atoms. The molecule has 2 aliphatic carbocycles. The molecule has 9 nitrogen and oxygen atoms in total. The highest BCUT2D eigenvalue weighted by molar-refractivity contribution is 5.85. The SMILES string of the molecule is O=C(N[C@@H](CCO[C@H]1C[C@H](CCc2ccc3c(n2)NCCC3)C1)C(=O)O)[C@H]1CCc2cn[nH]c2C1. The number of amides is 1. The van der Waals surface area contributed by atoms with Crippen LogP contribution in [0.3, 0.4) is 0 Å². The number of carbonyl (C=O) groups excluding carboxylic acids is 1. The van der Waals surface area contributed by atoms with E-state index in [1.165, 1.54) is 12.0 Å². The molecule has 0 spiro atoms. The number of nitrogens with zero attached hydrogens (tertiary/aromatic N) is 2. The van der Waals surface area contributed by atoms with E-state index in [-0.39, 0.29) is 24.3 Å². The lowest BCUT2D eigenvalue weighted by Gasteiger charge is -2.35. The number of aliphatic carboxylic acids is 1. The number of anilines is 1. The molecule has 1 saturated carbocycles. The number of H-pyrrole nitrogens is 1. The highest BCUT2D eigenvalue weighted by Gasteiger charge is 2.32. The van der Waals surface area contributed by atoms with Crippen molar-refractivity contribution in [3.8, 4) is 0 Å². The molecular formula is C26H35N5O4. The monoisotopic (exact) mass is 481 g/mol. The summed E-state index contributed by atoms with van der Waals surface area (Å²) in [6, 6.07) is 3.43. The van der Waals surface area contributed by atoms with Gasteiger partial charge in [-0.3, -0.25) is 9.89 Å². The van der Waals surface area contributed by atoms with Gasteiger partial charge in [-0.1, -0.05) is 6.07 Å². The second kappa shape index (κ2) is 10.8. The molecule has 188 valence electrons. The highest BCUT2D eigenvalue weighted by atomic mass is 16.5. The molecule has 0 bridgehead atoms. The first-order valence-corrected chi connectivity index (χ1v) is 12.9. The second-order valence-corrected chi connectivity index (χ2v) is 10.2. The maximum Gasteiger partial charge on any atom is 0.326 e. The van der Waals surface area contributed by atoms with Crippen LogP contribution in [0.2, 0.25) is 0 Å². The number of carboxylic acids is 1. The van der Waals surface area contributed by atoms with Crippen LogP contribution in [0.15, 0.2) is 18.3 Å². The fraction of sp³-hybridized carbons (Fsp3) is 0.615. The number of rotatable bonds is 10. The topological polar surface area (TPSA) is 129 Å². The van der Waals surface area contributed by atoms with E-state index in [4.69, 9.17) is 9.72 Å². The van der Waals surface area contributed by atoms with E-state index in [0.29, 0.717) is 25.4 Å². The Morgan fingerprint density at radius 3 is 2.97 bits per heavy atom. The summed E-state index contributed by atoms with van der Waals surface area (Å²) in [7, 11) is 0. The number of aromatic nitrogens is 3. The number of ether oxygens (including phenoxy) is 1. The molecule has 1 amide bonds. The van der Waals surface area contributed by atoms with E-state index in [1.54, 1.807) is 6.20 Å². The molecule has 4 N–H and O–H groups in total. The number of hydrogen-bond donors (Lipinski definition) is 4. The van der Waals surface area contributed by atoms with Gasteiger partial charge in [-0.25, -0.2) is 9.78 Å². The molecule has 5 rings (SSSR count). The molecule has 9 heteroatoms. The zero-order valence-electron chi connectivity index (χ0n) is 20.1. The standard InChI is InChI=1S/C26H35N5O4/c32-25(18-4-5-19-15-28-31-23(19)14-18)30-22(26(33)34)9-11-35-21-12-16(13-21)3-7-20-8-6-17-2-1-10-27-24(17)29-20/h6,8,15-16,18,21-22H,1-5,7,9-14H2,(H,27,29)(H,28,31)(H,30,32)(H,33,34)/t16-,18-,21-,22-/m0/s1. The molecule has 2 aromatic heterocycles. The number of carboxylic acid groups (broad SMARTS) is 1. The number of aryl methyl sites for hydroxylation is 3. The van der Waals surface area contributed by atoms with Gasteiger partial charge >= 0.3 is 5.97 Å². The minimum atomic E-state index is -1.02. The number of hydrogen-bond acceptors (Lipinski definition) is 6. The van der Waals surface area contributed by atoms with Gasteiger partial charge < -0.3 is 20.5 Å². The van der Waals surface area contributed by atoms with Crippen LogP contribution in [0.1, 0.15) is 61.0 Å². The summed E-state index contributed by atoms with van der Waals surface area (Å²) in [6.07, 6.45) is 10.7. The summed E-state index contributed by atoms with van der Waals surface area (Å²) in [5.41, 5.74) is 4.58. The van der Waals surface area contributed by atoms with Crippen LogP contribution in [0.4, 0.5) is 5.82 Å². The fourth-order valence-electron chi connectivity index (χ4n) is 5.44. The van der Waals surface area contributed by atoms with Crippen LogP contribution in [-0.4, -0.2) is 57.5 Å². The van der Waals surface area contributed by atoms with Crippen LogP contribution in [0, 0.1) is 11.8 Å². The first kappa shape index (κ1) is 23.8. The van der Waals surface area contributed by atoms with E-state index in [0.717, 1.165) is 67.8 Å². The van der Waals surface area contributed by atoms with Crippen molar-refractivity contribution < 1.29 is 19.4 Å². The average Bonchev–Trinajstić information content (AvgIpc) is 3.31. The van der Waals surface area contributed by atoms with Crippen molar-refractivity contribution in [3.63, 3.8) is 0 Å². The van der Waals surface area contributed by atoms with Gasteiger partial charge in [0.1, 0.15) is 11.9 Å². The van der Waals surface area contributed by atoms with Crippen LogP contribution in [0.5, 0.6) is 0 Å². The fourth-order valence-corrected chi connectivity index (χ4v) is 5.44. The number of nitrogens with one attached hydrogen (secondary N) is 3. The highest BCUT2D eigenvalue weighted by Crippen LogP contribution is 2.34. The third-order valence-electron chi connectivity index (χ3n) is 7.72. The normalized spacial score (nSPS) is 23.8. The average molecular weight is 482 g/mol. The lowest BCUT2D eigenvalue weighted by Crippen LogP contribution is -2.45. The Bertz CT molecular complexity index is 1050. The Hall–Kier alpha value is -2.94. The lowest BCUT2D eigenvalue weighted by molar-refractivity contribution is -0.143. The maximum absolute atomic E-state index is 12.7. The predicted molar refractivity (Wildman–Crippen MR) is 130 cm³/mol. The van der Waals surface area contributed by atoms with E-state index < -0.39 is 12.0 Å². The molecule has 0 unspecified atom stereocenters. The van der Waals surface area contributed by atoms with Gasteiger partial charge in [0.25, 0.3) is 0 Å². The molecule has 2 atom stereocenters. The third-order valence-corrected chi connectivity index (χ3v) is 7.72. The summed E-state index contributed by atoms with van der Waals surface area (Å²) in [5.74, 6) is 0.238. The van der Waals surface area contributed by atoms with Crippen molar-refractivity contribution in [2.75, 3.05) is 18.5 Å². The summed E-state index contributed by atoms with van der Waals surface area (Å²) < 4.78 is 5.92. The van der Waals surface area contributed by atoms with Crippen molar-refractivity contribution in [1.29, 1.82) is 0 Å².